The third-order valence-corrected chi connectivity index (χ3v) is 4.23. The van der Waals surface area contributed by atoms with Crippen molar-refractivity contribution >= 4 is 11.0 Å². The van der Waals surface area contributed by atoms with E-state index in [2.05, 4.69) is 49.0 Å². The number of hydrogen-bond donors (Lipinski definition) is 1. The van der Waals surface area contributed by atoms with Crippen LogP contribution in [0.3, 0.4) is 0 Å². The maximum absolute atomic E-state index is 4.89. The van der Waals surface area contributed by atoms with Gasteiger partial charge in [0.05, 0.1) is 11.0 Å². The van der Waals surface area contributed by atoms with E-state index in [0.717, 1.165) is 18.6 Å². The summed E-state index contributed by atoms with van der Waals surface area (Å²) in [5.74, 6) is 1.22. The van der Waals surface area contributed by atoms with Gasteiger partial charge in [0.2, 0.25) is 0 Å². The van der Waals surface area contributed by atoms with Gasteiger partial charge in [-0.3, -0.25) is 0 Å². The first-order chi connectivity index (χ1) is 8.62. The number of benzene rings is 1. The molecule has 1 N–H and O–H groups in total. The summed E-state index contributed by atoms with van der Waals surface area (Å²) in [4.78, 5) is 4.89. The zero-order valence-corrected chi connectivity index (χ0v) is 11.5. The predicted octanol–water partition coefficient (Wildman–Crippen LogP) is 2.52. The molecule has 0 saturated carbocycles. The Hall–Kier alpha value is -1.35. The van der Waals surface area contributed by atoms with Crippen molar-refractivity contribution in [3.8, 4) is 0 Å². The Labute approximate surface area is 108 Å². The van der Waals surface area contributed by atoms with Crippen LogP contribution in [0.4, 0.5) is 0 Å². The molecule has 3 heteroatoms. The number of para-hydroxylation sites is 1. The van der Waals surface area contributed by atoms with E-state index in [9.17, 15) is 0 Å². The minimum Gasteiger partial charge on any atom is -0.330 e. The van der Waals surface area contributed by atoms with Crippen LogP contribution >= 0.6 is 0 Å². The van der Waals surface area contributed by atoms with Gasteiger partial charge in [-0.1, -0.05) is 19.1 Å². The van der Waals surface area contributed by atoms with Crippen molar-refractivity contribution in [1.82, 2.24) is 14.9 Å². The van der Waals surface area contributed by atoms with Crippen LogP contribution in [0, 0.1) is 6.92 Å². The van der Waals surface area contributed by atoms with Gasteiger partial charge in [0.15, 0.2) is 0 Å². The highest BCUT2D eigenvalue weighted by atomic mass is 15.1. The summed E-state index contributed by atoms with van der Waals surface area (Å²) in [5, 5.41) is 3.51. The van der Waals surface area contributed by atoms with Crippen LogP contribution in [-0.4, -0.2) is 22.6 Å². The minimum absolute atomic E-state index is 0.165. The molecule has 96 valence electrons. The molecule has 3 rings (SSSR count). The second kappa shape index (κ2) is 4.09. The molecule has 0 aliphatic carbocycles. The first-order valence-electron chi connectivity index (χ1n) is 6.75. The Kier molecular flexibility index (Phi) is 2.67. The molecule has 1 saturated heterocycles. The van der Waals surface area contributed by atoms with E-state index in [1.165, 1.54) is 29.7 Å². The van der Waals surface area contributed by atoms with Crippen LogP contribution in [-0.2, 0) is 12.5 Å². The van der Waals surface area contributed by atoms with E-state index in [1.54, 1.807) is 0 Å². The normalized spacial score (nSPS) is 24.6. The highest BCUT2D eigenvalue weighted by molar-refractivity contribution is 5.79. The average molecular weight is 243 g/mol. The number of nitrogens with one attached hydrogen (secondary N) is 1. The van der Waals surface area contributed by atoms with E-state index in [1.807, 2.05) is 0 Å². The van der Waals surface area contributed by atoms with Gasteiger partial charge in [0.1, 0.15) is 5.82 Å². The second-order valence-corrected chi connectivity index (χ2v) is 5.78. The van der Waals surface area contributed by atoms with Crippen LogP contribution in [0.15, 0.2) is 18.2 Å². The molecule has 0 radical (unpaired) electrons. The summed E-state index contributed by atoms with van der Waals surface area (Å²) in [6.07, 6.45) is 2.45. The van der Waals surface area contributed by atoms with Gasteiger partial charge >= 0.3 is 0 Å². The molecule has 1 aliphatic rings. The third-order valence-electron chi connectivity index (χ3n) is 4.23. The predicted molar refractivity (Wildman–Crippen MR) is 74.9 cm³/mol. The number of aromatic nitrogens is 2. The van der Waals surface area contributed by atoms with E-state index in [0.29, 0.717) is 0 Å². The lowest BCUT2D eigenvalue weighted by atomic mass is 9.82. The quantitative estimate of drug-likeness (QED) is 0.834. The number of aryl methyl sites for hydroxylation is 2. The summed E-state index contributed by atoms with van der Waals surface area (Å²) in [6, 6.07) is 6.37. The minimum atomic E-state index is 0.165. The summed E-state index contributed by atoms with van der Waals surface area (Å²) in [6.45, 7) is 6.66. The molecule has 18 heavy (non-hydrogen) atoms. The number of nitrogens with zero attached hydrogens (tertiary/aromatic N) is 2. The Morgan fingerprint density at radius 3 is 2.89 bits per heavy atom. The Balaban J connectivity index is 2.18. The molecule has 1 aromatic carbocycles. The van der Waals surface area contributed by atoms with Gasteiger partial charge in [-0.05, 0) is 37.9 Å². The van der Waals surface area contributed by atoms with Crippen molar-refractivity contribution in [3.05, 3.63) is 29.6 Å². The smallest absolute Gasteiger partial charge is 0.116 e. The molecule has 0 bridgehead atoms. The van der Waals surface area contributed by atoms with Crippen LogP contribution in [0.1, 0.15) is 31.2 Å². The second-order valence-electron chi connectivity index (χ2n) is 5.78. The molecule has 0 spiro atoms. The summed E-state index contributed by atoms with van der Waals surface area (Å²) in [5.41, 5.74) is 3.87. The summed E-state index contributed by atoms with van der Waals surface area (Å²) >= 11 is 0. The first-order valence-corrected chi connectivity index (χ1v) is 6.75. The highest BCUT2D eigenvalue weighted by Gasteiger charge is 2.33. The standard InChI is InChI=1S/C15H21N3/c1-11-6-4-7-12-13(11)18(3)14(17-12)15(2)8-5-9-16-10-15/h4,6-7,16H,5,8-10H2,1-3H3. The maximum atomic E-state index is 4.89. The van der Waals surface area contributed by atoms with E-state index in [-0.39, 0.29) is 5.41 Å². The lowest BCUT2D eigenvalue weighted by molar-refractivity contribution is 0.318. The molecule has 1 atom stereocenters. The average Bonchev–Trinajstić information content (AvgIpc) is 2.70. The van der Waals surface area contributed by atoms with Crippen molar-refractivity contribution in [1.29, 1.82) is 0 Å². The lowest BCUT2D eigenvalue weighted by Crippen LogP contribution is -2.42. The Bertz CT molecular complexity index is 577. The van der Waals surface area contributed by atoms with E-state index < -0.39 is 0 Å². The monoisotopic (exact) mass is 243 g/mol. The topological polar surface area (TPSA) is 29.9 Å². The Morgan fingerprint density at radius 2 is 2.22 bits per heavy atom. The molecule has 1 aromatic heterocycles. The van der Waals surface area contributed by atoms with Gasteiger partial charge in [-0.15, -0.1) is 0 Å². The first kappa shape index (κ1) is 11.7. The SMILES string of the molecule is Cc1cccc2nc(C3(C)CCCNC3)n(C)c12. The number of rotatable bonds is 1. The van der Waals surface area contributed by atoms with Crippen molar-refractivity contribution in [2.75, 3.05) is 13.1 Å². The summed E-state index contributed by atoms with van der Waals surface area (Å²) < 4.78 is 2.29. The fraction of sp³-hybridized carbons (Fsp3) is 0.533. The van der Waals surface area contributed by atoms with Crippen LogP contribution < -0.4 is 5.32 Å². The largest absolute Gasteiger partial charge is 0.330 e. The maximum Gasteiger partial charge on any atom is 0.116 e. The molecule has 3 nitrogen and oxygen atoms in total. The van der Waals surface area contributed by atoms with E-state index in [4.69, 9.17) is 4.98 Å². The zero-order valence-electron chi connectivity index (χ0n) is 11.5. The third kappa shape index (κ3) is 1.65. The van der Waals surface area contributed by atoms with Crippen molar-refractivity contribution in [2.24, 2.45) is 7.05 Å². The molecule has 0 amide bonds. The molecular weight excluding hydrogens is 222 g/mol. The lowest BCUT2D eigenvalue weighted by Gasteiger charge is -2.33. The molecule has 2 aromatic rings. The fourth-order valence-electron chi connectivity index (χ4n) is 3.25. The van der Waals surface area contributed by atoms with Crippen molar-refractivity contribution in [3.63, 3.8) is 0 Å². The van der Waals surface area contributed by atoms with Crippen LogP contribution in [0.5, 0.6) is 0 Å². The Morgan fingerprint density at radius 1 is 1.39 bits per heavy atom. The van der Waals surface area contributed by atoms with Crippen molar-refractivity contribution in [2.45, 2.75) is 32.1 Å². The van der Waals surface area contributed by atoms with Gasteiger partial charge in [-0.2, -0.15) is 0 Å². The number of piperidine rings is 1. The van der Waals surface area contributed by atoms with Crippen molar-refractivity contribution < 1.29 is 0 Å². The molecular formula is C15H21N3. The molecule has 2 heterocycles. The van der Waals surface area contributed by atoms with Gasteiger partial charge < -0.3 is 9.88 Å². The number of imidazole rings is 1. The fourth-order valence-corrected chi connectivity index (χ4v) is 3.25. The highest BCUT2D eigenvalue weighted by Crippen LogP contribution is 2.32. The molecule has 1 unspecified atom stereocenters. The van der Waals surface area contributed by atoms with Crippen LogP contribution in [0.2, 0.25) is 0 Å². The van der Waals surface area contributed by atoms with Crippen LogP contribution in [0.25, 0.3) is 11.0 Å². The number of fused-ring (bicyclic) bond motifs is 1. The molecule has 1 aliphatic heterocycles. The molecule has 1 fully saturated rings. The van der Waals surface area contributed by atoms with Gasteiger partial charge in [0, 0.05) is 19.0 Å². The van der Waals surface area contributed by atoms with Gasteiger partial charge in [-0.25, -0.2) is 4.98 Å². The number of hydrogen-bond acceptors (Lipinski definition) is 2. The van der Waals surface area contributed by atoms with E-state index >= 15 is 0 Å². The summed E-state index contributed by atoms with van der Waals surface area (Å²) in [7, 11) is 2.15. The zero-order chi connectivity index (χ0) is 12.8. The van der Waals surface area contributed by atoms with Gasteiger partial charge in [0.25, 0.3) is 0 Å².